The van der Waals surface area contributed by atoms with Crippen molar-refractivity contribution in [2.45, 2.75) is 39.8 Å². The summed E-state index contributed by atoms with van der Waals surface area (Å²) in [7, 11) is 1.69. The monoisotopic (exact) mass is 423 g/mol. The average molecular weight is 424 g/mol. The number of ether oxygens (including phenoxy) is 2. The zero-order chi connectivity index (χ0) is 22.2. The zero-order valence-electron chi connectivity index (χ0n) is 18.9. The molecule has 0 fully saturated rings. The minimum atomic E-state index is -0.437. The summed E-state index contributed by atoms with van der Waals surface area (Å²) >= 11 is 0. The Balaban J connectivity index is 2.04. The average Bonchev–Trinajstić information content (AvgIpc) is 3.11. The highest BCUT2D eigenvalue weighted by Gasteiger charge is 2.23. The van der Waals surface area contributed by atoms with Crippen LogP contribution in [0, 0.1) is 6.92 Å². The molecule has 3 aromatic rings. The Morgan fingerprint density at radius 2 is 1.81 bits per heavy atom. The molecule has 0 saturated carbocycles. The molecular formula is C25H33N3O3. The fraction of sp³-hybridized carbons (Fsp3) is 0.400. The molecule has 0 radical (unpaired) electrons. The molecule has 31 heavy (non-hydrogen) atoms. The molecule has 1 heterocycles. The number of aromatic nitrogens is 2. The number of aryl methyl sites for hydroxylation is 2. The molecule has 1 aromatic heterocycles. The highest BCUT2D eigenvalue weighted by atomic mass is 16.5. The summed E-state index contributed by atoms with van der Waals surface area (Å²) in [5.74, 6) is 1.48. The molecule has 0 unspecified atom stereocenters. The molecule has 0 saturated heterocycles. The summed E-state index contributed by atoms with van der Waals surface area (Å²) in [6.07, 6.45) is 0.347. The minimum absolute atomic E-state index is 0.437. The van der Waals surface area contributed by atoms with Crippen LogP contribution >= 0.6 is 0 Å². The maximum absolute atomic E-state index is 10.0. The van der Waals surface area contributed by atoms with Crippen molar-refractivity contribution in [2.24, 2.45) is 0 Å². The molecule has 0 aliphatic rings. The molecule has 1 atom stereocenters. The summed E-state index contributed by atoms with van der Waals surface area (Å²) in [5.41, 5.74) is 4.15. The predicted octanol–water partition coefficient (Wildman–Crippen LogP) is 4.36. The number of hydrogen-bond donors (Lipinski definition) is 1. The summed E-state index contributed by atoms with van der Waals surface area (Å²) in [5, 5.41) is 14.9. The van der Waals surface area contributed by atoms with Crippen molar-refractivity contribution in [3.8, 4) is 17.3 Å². The number of methoxy groups -OCH3 is 1. The number of hydrogen-bond acceptors (Lipinski definition) is 5. The van der Waals surface area contributed by atoms with Gasteiger partial charge < -0.3 is 14.6 Å². The molecular weight excluding hydrogens is 390 g/mol. The van der Waals surface area contributed by atoms with Crippen molar-refractivity contribution in [1.29, 1.82) is 0 Å². The van der Waals surface area contributed by atoms with Gasteiger partial charge in [0, 0.05) is 26.7 Å². The van der Waals surface area contributed by atoms with E-state index in [0.29, 0.717) is 32.1 Å². The van der Waals surface area contributed by atoms with Crippen molar-refractivity contribution in [2.75, 3.05) is 26.8 Å². The molecule has 0 aliphatic carbocycles. The van der Waals surface area contributed by atoms with Gasteiger partial charge in [-0.2, -0.15) is 5.10 Å². The summed E-state index contributed by atoms with van der Waals surface area (Å²) in [4.78, 5) is 2.18. The van der Waals surface area contributed by atoms with Crippen LogP contribution in [-0.4, -0.2) is 52.7 Å². The summed E-state index contributed by atoms with van der Waals surface area (Å²) in [6, 6.07) is 18.1. The second-order valence-corrected chi connectivity index (χ2v) is 7.82. The van der Waals surface area contributed by atoms with Crippen LogP contribution in [-0.2, 0) is 17.7 Å². The molecule has 0 aliphatic heterocycles. The fourth-order valence-corrected chi connectivity index (χ4v) is 3.54. The van der Waals surface area contributed by atoms with Crippen LogP contribution in [0.2, 0.25) is 0 Å². The Bertz CT molecular complexity index is 937. The van der Waals surface area contributed by atoms with Gasteiger partial charge in [0.2, 0.25) is 5.88 Å². The molecule has 0 amide bonds. The maximum Gasteiger partial charge on any atom is 0.227 e. The number of aliphatic hydroxyl groups is 1. The van der Waals surface area contributed by atoms with Gasteiger partial charge in [-0.1, -0.05) is 42.8 Å². The van der Waals surface area contributed by atoms with Crippen molar-refractivity contribution < 1.29 is 14.6 Å². The van der Waals surface area contributed by atoms with Crippen LogP contribution in [0.25, 0.3) is 5.69 Å². The summed E-state index contributed by atoms with van der Waals surface area (Å²) in [6.45, 7) is 8.43. The Hall–Kier alpha value is -2.67. The molecule has 6 nitrogen and oxygen atoms in total. The second-order valence-electron chi connectivity index (χ2n) is 7.82. The first-order chi connectivity index (χ1) is 15.0. The van der Waals surface area contributed by atoms with Gasteiger partial charge in [-0.05, 0) is 44.5 Å². The van der Waals surface area contributed by atoms with E-state index in [1.54, 1.807) is 14.0 Å². The highest BCUT2D eigenvalue weighted by Crippen LogP contribution is 2.32. The molecule has 0 spiro atoms. The predicted molar refractivity (Wildman–Crippen MR) is 123 cm³/mol. The van der Waals surface area contributed by atoms with Crippen LogP contribution < -0.4 is 4.74 Å². The highest BCUT2D eigenvalue weighted by molar-refractivity contribution is 5.44. The van der Waals surface area contributed by atoms with Gasteiger partial charge in [0.1, 0.15) is 5.75 Å². The van der Waals surface area contributed by atoms with E-state index in [-0.39, 0.29) is 0 Å². The van der Waals surface area contributed by atoms with Gasteiger partial charge in [-0.15, -0.1) is 0 Å². The Kier molecular flexibility index (Phi) is 8.23. The number of para-hydroxylation sites is 1. The van der Waals surface area contributed by atoms with Crippen LogP contribution in [0.3, 0.4) is 0 Å². The largest absolute Gasteiger partial charge is 0.439 e. The van der Waals surface area contributed by atoms with Gasteiger partial charge in [0.15, 0.2) is 0 Å². The SMILES string of the molecule is CCc1nn(-c2ccccc2)c(Oc2ccc(C)cc2)c1CN(CCOC)C[C@@H](C)O. The van der Waals surface area contributed by atoms with Gasteiger partial charge in [-0.25, -0.2) is 4.68 Å². The number of nitrogens with zero attached hydrogens (tertiary/aromatic N) is 3. The van der Waals surface area contributed by atoms with E-state index in [1.165, 1.54) is 5.56 Å². The quantitative estimate of drug-likeness (QED) is 0.496. The fourth-order valence-electron chi connectivity index (χ4n) is 3.54. The van der Waals surface area contributed by atoms with Gasteiger partial charge in [0.25, 0.3) is 0 Å². The van der Waals surface area contributed by atoms with E-state index in [2.05, 4.69) is 18.7 Å². The van der Waals surface area contributed by atoms with Crippen molar-refractivity contribution in [3.05, 3.63) is 71.4 Å². The van der Waals surface area contributed by atoms with E-state index in [9.17, 15) is 5.11 Å². The van der Waals surface area contributed by atoms with E-state index < -0.39 is 6.10 Å². The third-order valence-corrected chi connectivity index (χ3v) is 5.11. The zero-order valence-corrected chi connectivity index (χ0v) is 18.9. The Labute approximate surface area is 185 Å². The van der Waals surface area contributed by atoms with E-state index in [1.807, 2.05) is 59.3 Å². The Morgan fingerprint density at radius 3 is 2.42 bits per heavy atom. The van der Waals surface area contributed by atoms with E-state index >= 15 is 0 Å². The maximum atomic E-state index is 10.0. The smallest absolute Gasteiger partial charge is 0.227 e. The lowest BCUT2D eigenvalue weighted by Gasteiger charge is -2.24. The first-order valence-corrected chi connectivity index (χ1v) is 10.8. The molecule has 2 aromatic carbocycles. The first kappa shape index (κ1) is 23.0. The number of aliphatic hydroxyl groups excluding tert-OH is 1. The Morgan fingerprint density at radius 1 is 1.10 bits per heavy atom. The normalized spacial score (nSPS) is 12.3. The molecule has 3 rings (SSSR count). The third kappa shape index (κ3) is 6.17. The number of rotatable bonds is 11. The van der Waals surface area contributed by atoms with Gasteiger partial charge in [-0.3, -0.25) is 4.90 Å². The van der Waals surface area contributed by atoms with Crippen LogP contribution in [0.5, 0.6) is 11.6 Å². The molecule has 0 bridgehead atoms. The van der Waals surface area contributed by atoms with Crippen LogP contribution in [0.1, 0.15) is 30.7 Å². The van der Waals surface area contributed by atoms with Crippen molar-refractivity contribution in [3.63, 3.8) is 0 Å². The minimum Gasteiger partial charge on any atom is -0.439 e. The van der Waals surface area contributed by atoms with Crippen molar-refractivity contribution in [1.82, 2.24) is 14.7 Å². The van der Waals surface area contributed by atoms with Gasteiger partial charge >= 0.3 is 0 Å². The van der Waals surface area contributed by atoms with E-state index in [0.717, 1.165) is 29.1 Å². The molecule has 166 valence electrons. The lowest BCUT2D eigenvalue weighted by Crippen LogP contribution is -2.33. The lowest BCUT2D eigenvalue weighted by atomic mass is 10.1. The second kappa shape index (κ2) is 11.1. The van der Waals surface area contributed by atoms with Gasteiger partial charge in [0.05, 0.1) is 29.7 Å². The van der Waals surface area contributed by atoms with Crippen LogP contribution in [0.15, 0.2) is 54.6 Å². The standard InChI is InChI=1S/C25H33N3O3/c1-5-24-23(18-27(15-16-30-4)17-20(3)29)25(31-22-13-11-19(2)12-14-22)28(26-24)21-9-7-6-8-10-21/h6-14,20,29H,5,15-18H2,1-4H3/t20-/m1/s1. The van der Waals surface area contributed by atoms with Crippen LogP contribution in [0.4, 0.5) is 0 Å². The van der Waals surface area contributed by atoms with Crippen molar-refractivity contribution >= 4 is 0 Å². The first-order valence-electron chi connectivity index (χ1n) is 10.8. The van der Waals surface area contributed by atoms with E-state index in [4.69, 9.17) is 14.6 Å². The molecule has 1 N–H and O–H groups in total. The lowest BCUT2D eigenvalue weighted by molar-refractivity contribution is 0.0934. The number of benzene rings is 2. The third-order valence-electron chi connectivity index (χ3n) is 5.11. The topological polar surface area (TPSA) is 59.8 Å². The summed E-state index contributed by atoms with van der Waals surface area (Å²) < 4.78 is 13.6. The molecule has 6 heteroatoms.